The zero-order valence-corrected chi connectivity index (χ0v) is 10.7. The molecule has 0 saturated heterocycles. The lowest BCUT2D eigenvalue weighted by Gasteiger charge is -2.04. The van der Waals surface area contributed by atoms with E-state index in [1.54, 1.807) is 18.2 Å². The second kappa shape index (κ2) is 3.96. The summed E-state index contributed by atoms with van der Waals surface area (Å²) in [5.41, 5.74) is 1.84. The first kappa shape index (κ1) is 11.7. The molecule has 0 radical (unpaired) electrons. The van der Waals surface area contributed by atoms with Gasteiger partial charge in [-0.15, -0.1) is 0 Å². The number of aromatic nitrogens is 1. The number of aromatic amines is 1. The number of aromatic carboxylic acids is 1. The quantitative estimate of drug-likeness (QED) is 0.560. The number of para-hydroxylation sites is 1. The maximum atomic E-state index is 11.6. The largest absolute Gasteiger partial charge is 0.478 e. The van der Waals surface area contributed by atoms with Crippen LogP contribution >= 0.6 is 0 Å². The molecule has 2 aromatic carbocycles. The van der Waals surface area contributed by atoms with E-state index < -0.39 is 5.97 Å². The summed E-state index contributed by atoms with van der Waals surface area (Å²) in [6, 6.07) is 11.6. The molecule has 4 aromatic rings. The van der Waals surface area contributed by atoms with Crippen LogP contribution in [0.4, 0.5) is 0 Å². The molecule has 5 heteroatoms. The topological polar surface area (TPSA) is 83.3 Å². The van der Waals surface area contributed by atoms with Crippen molar-refractivity contribution in [2.24, 2.45) is 0 Å². The standard InChI is InChI=1S/C16H9NO4/c18-8-5-6-10-12(7-8)21-15-13(16(19)20)9-3-1-2-4-11(9)17-14(10)15/h1-7,17H,(H,19,20). The normalized spacial score (nSPS) is 11.4. The van der Waals surface area contributed by atoms with Crippen molar-refractivity contribution in [3.05, 3.63) is 58.3 Å². The van der Waals surface area contributed by atoms with Gasteiger partial charge < -0.3 is 14.5 Å². The van der Waals surface area contributed by atoms with Crippen molar-refractivity contribution in [3.8, 4) is 0 Å². The summed E-state index contributed by atoms with van der Waals surface area (Å²) >= 11 is 0. The zero-order chi connectivity index (χ0) is 14.6. The van der Waals surface area contributed by atoms with Gasteiger partial charge in [0.25, 0.3) is 0 Å². The minimum absolute atomic E-state index is 0.1000. The molecule has 0 bridgehead atoms. The fourth-order valence-corrected chi connectivity index (χ4v) is 2.66. The van der Waals surface area contributed by atoms with E-state index in [1.165, 1.54) is 12.1 Å². The highest BCUT2D eigenvalue weighted by atomic mass is 16.4. The number of rotatable bonds is 1. The maximum absolute atomic E-state index is 11.6. The Morgan fingerprint density at radius 2 is 1.90 bits per heavy atom. The molecule has 0 aliphatic carbocycles. The van der Waals surface area contributed by atoms with Gasteiger partial charge >= 0.3 is 5.97 Å². The highest BCUT2D eigenvalue weighted by Gasteiger charge is 2.19. The second-order valence-electron chi connectivity index (χ2n) is 4.81. The van der Waals surface area contributed by atoms with Crippen molar-refractivity contribution >= 4 is 38.9 Å². The van der Waals surface area contributed by atoms with Gasteiger partial charge in [-0.3, -0.25) is 4.79 Å². The molecule has 0 saturated carbocycles. The SMILES string of the molecule is O=C(O)c1c2ccccc2[nH]c2c1oc1cc(=O)ccc12. The summed E-state index contributed by atoms with van der Waals surface area (Å²) in [5, 5.41) is 10.8. The first-order valence-corrected chi connectivity index (χ1v) is 6.36. The maximum Gasteiger partial charge on any atom is 0.340 e. The number of benzene rings is 2. The van der Waals surface area contributed by atoms with E-state index in [-0.39, 0.29) is 16.6 Å². The van der Waals surface area contributed by atoms with Crippen molar-refractivity contribution in [1.29, 1.82) is 0 Å². The third-order valence-corrected chi connectivity index (χ3v) is 3.56. The van der Waals surface area contributed by atoms with Crippen LogP contribution in [0.2, 0.25) is 0 Å². The molecule has 0 amide bonds. The van der Waals surface area contributed by atoms with E-state index in [1.807, 2.05) is 12.1 Å². The Morgan fingerprint density at radius 3 is 2.71 bits per heavy atom. The van der Waals surface area contributed by atoms with E-state index in [0.717, 1.165) is 0 Å². The summed E-state index contributed by atoms with van der Waals surface area (Å²) in [5.74, 6) is -1.06. The third kappa shape index (κ3) is 1.57. The average Bonchev–Trinajstić information content (AvgIpc) is 2.80. The Hall–Kier alpha value is -3.08. The van der Waals surface area contributed by atoms with Crippen molar-refractivity contribution in [2.45, 2.75) is 0 Å². The van der Waals surface area contributed by atoms with Crippen molar-refractivity contribution in [3.63, 3.8) is 0 Å². The summed E-state index contributed by atoms with van der Waals surface area (Å²) in [6.45, 7) is 0. The molecule has 0 aliphatic rings. The molecule has 0 aliphatic heterocycles. The van der Waals surface area contributed by atoms with Gasteiger partial charge in [0.1, 0.15) is 11.1 Å². The Bertz CT molecular complexity index is 1090. The van der Waals surface area contributed by atoms with Crippen LogP contribution in [0.15, 0.2) is 51.7 Å². The number of carbonyl (C=O) groups is 1. The lowest BCUT2D eigenvalue weighted by atomic mass is 10.1. The summed E-state index contributed by atoms with van der Waals surface area (Å²) in [4.78, 5) is 26.3. The van der Waals surface area contributed by atoms with Gasteiger partial charge in [-0.1, -0.05) is 18.2 Å². The molecule has 0 fully saturated rings. The van der Waals surface area contributed by atoms with Crippen LogP contribution in [-0.4, -0.2) is 16.1 Å². The van der Waals surface area contributed by atoms with E-state index in [9.17, 15) is 14.7 Å². The van der Waals surface area contributed by atoms with Gasteiger partial charge in [-0.25, -0.2) is 4.79 Å². The Labute approximate surface area is 117 Å². The smallest absolute Gasteiger partial charge is 0.340 e. The zero-order valence-electron chi connectivity index (χ0n) is 10.7. The minimum atomic E-state index is -1.06. The van der Waals surface area contributed by atoms with Crippen LogP contribution in [-0.2, 0) is 0 Å². The van der Waals surface area contributed by atoms with Crippen LogP contribution < -0.4 is 5.43 Å². The first-order valence-electron chi connectivity index (χ1n) is 6.36. The fraction of sp³-hybridized carbons (Fsp3) is 0. The van der Waals surface area contributed by atoms with E-state index >= 15 is 0 Å². The fourth-order valence-electron chi connectivity index (χ4n) is 2.66. The Kier molecular flexibility index (Phi) is 2.21. The predicted octanol–water partition coefficient (Wildman–Crippen LogP) is 3.13. The lowest BCUT2D eigenvalue weighted by Crippen LogP contribution is -1.99. The Balaban J connectivity index is 2.33. The molecule has 0 spiro atoms. The van der Waals surface area contributed by atoms with E-state index in [4.69, 9.17) is 4.42 Å². The number of carboxylic acid groups (broad SMARTS) is 1. The number of hydrogen-bond donors (Lipinski definition) is 2. The van der Waals surface area contributed by atoms with Gasteiger partial charge in [0, 0.05) is 22.4 Å². The lowest BCUT2D eigenvalue weighted by molar-refractivity contribution is 0.0700. The van der Waals surface area contributed by atoms with Gasteiger partial charge in [0.05, 0.1) is 5.52 Å². The molecule has 102 valence electrons. The molecule has 2 N–H and O–H groups in total. The number of fused-ring (bicyclic) bond motifs is 4. The number of hydrogen-bond acceptors (Lipinski definition) is 3. The summed E-state index contributed by atoms with van der Waals surface area (Å²) in [6.07, 6.45) is 0. The molecule has 2 aromatic heterocycles. The van der Waals surface area contributed by atoms with Crippen LogP contribution in [0, 0.1) is 0 Å². The number of pyridine rings is 1. The molecule has 21 heavy (non-hydrogen) atoms. The molecular formula is C16H9NO4. The van der Waals surface area contributed by atoms with Crippen molar-refractivity contribution in [2.75, 3.05) is 0 Å². The Morgan fingerprint density at radius 1 is 1.10 bits per heavy atom. The van der Waals surface area contributed by atoms with Crippen LogP contribution in [0.25, 0.3) is 33.0 Å². The monoisotopic (exact) mass is 279 g/mol. The second-order valence-corrected chi connectivity index (χ2v) is 4.81. The van der Waals surface area contributed by atoms with Crippen LogP contribution in [0.1, 0.15) is 10.4 Å². The number of carboxylic acids is 1. The van der Waals surface area contributed by atoms with Gasteiger partial charge in [-0.05, 0) is 18.2 Å². The van der Waals surface area contributed by atoms with Crippen molar-refractivity contribution in [1.82, 2.24) is 4.98 Å². The van der Waals surface area contributed by atoms with E-state index in [2.05, 4.69) is 4.98 Å². The summed E-state index contributed by atoms with van der Waals surface area (Å²) in [7, 11) is 0. The van der Waals surface area contributed by atoms with Crippen LogP contribution in [0.5, 0.6) is 0 Å². The molecule has 4 rings (SSSR count). The number of H-pyrrole nitrogens is 1. The van der Waals surface area contributed by atoms with Gasteiger partial charge in [0.15, 0.2) is 11.0 Å². The first-order chi connectivity index (χ1) is 10.1. The molecule has 2 heterocycles. The molecule has 0 unspecified atom stereocenters. The third-order valence-electron chi connectivity index (χ3n) is 3.56. The van der Waals surface area contributed by atoms with Gasteiger partial charge in [0.2, 0.25) is 0 Å². The predicted molar refractivity (Wildman–Crippen MR) is 78.8 cm³/mol. The molecule has 0 atom stereocenters. The molecule has 5 nitrogen and oxygen atoms in total. The minimum Gasteiger partial charge on any atom is -0.478 e. The number of nitrogens with one attached hydrogen (secondary N) is 1. The van der Waals surface area contributed by atoms with Crippen molar-refractivity contribution < 1.29 is 14.3 Å². The number of furan rings is 1. The highest BCUT2D eigenvalue weighted by molar-refractivity contribution is 6.17. The summed E-state index contributed by atoms with van der Waals surface area (Å²) < 4.78 is 5.62. The van der Waals surface area contributed by atoms with E-state index in [0.29, 0.717) is 27.4 Å². The highest BCUT2D eigenvalue weighted by Crippen LogP contribution is 2.32. The average molecular weight is 279 g/mol. The van der Waals surface area contributed by atoms with Gasteiger partial charge in [-0.2, -0.15) is 0 Å². The molecular weight excluding hydrogens is 270 g/mol. The van der Waals surface area contributed by atoms with Crippen LogP contribution in [0.3, 0.4) is 0 Å².